The maximum absolute atomic E-state index is 5.58. The first kappa shape index (κ1) is 16.0. The van der Waals surface area contributed by atoms with E-state index in [2.05, 4.69) is 44.4 Å². The first-order valence-electron chi connectivity index (χ1n) is 8.19. The van der Waals surface area contributed by atoms with Crippen molar-refractivity contribution in [1.29, 1.82) is 0 Å². The molecule has 116 valence electrons. The first-order valence-corrected chi connectivity index (χ1v) is 8.19. The van der Waals surface area contributed by atoms with Crippen LogP contribution in [0.25, 0.3) is 11.0 Å². The second-order valence-corrected chi connectivity index (χ2v) is 6.56. The van der Waals surface area contributed by atoms with Gasteiger partial charge in [0, 0.05) is 13.0 Å². The van der Waals surface area contributed by atoms with E-state index >= 15 is 0 Å². The largest absolute Gasteiger partial charge is 0.330 e. The fourth-order valence-corrected chi connectivity index (χ4v) is 2.79. The van der Waals surface area contributed by atoms with Crippen molar-refractivity contribution < 1.29 is 0 Å². The van der Waals surface area contributed by atoms with Gasteiger partial charge in [-0.2, -0.15) is 0 Å². The van der Waals surface area contributed by atoms with Crippen molar-refractivity contribution in [3.63, 3.8) is 0 Å². The summed E-state index contributed by atoms with van der Waals surface area (Å²) in [5.74, 6) is 1.87. The molecule has 0 aliphatic heterocycles. The van der Waals surface area contributed by atoms with E-state index < -0.39 is 0 Å². The molecule has 1 heterocycles. The van der Waals surface area contributed by atoms with Gasteiger partial charge in [-0.1, -0.05) is 20.3 Å². The molecule has 0 aliphatic carbocycles. The third kappa shape index (κ3) is 3.85. The number of fused-ring (bicyclic) bond motifs is 1. The summed E-state index contributed by atoms with van der Waals surface area (Å²) in [5.41, 5.74) is 10.7. The van der Waals surface area contributed by atoms with E-state index in [9.17, 15) is 0 Å². The van der Waals surface area contributed by atoms with Crippen LogP contribution in [0.15, 0.2) is 12.1 Å². The molecular formula is C18H29N3. The van der Waals surface area contributed by atoms with Crippen LogP contribution in [0.3, 0.4) is 0 Å². The Morgan fingerprint density at radius 1 is 1.10 bits per heavy atom. The van der Waals surface area contributed by atoms with Crippen LogP contribution in [0.5, 0.6) is 0 Å². The lowest BCUT2D eigenvalue weighted by atomic mass is 10.1. The molecule has 1 aromatic carbocycles. The summed E-state index contributed by atoms with van der Waals surface area (Å²) in [5, 5.41) is 0. The topological polar surface area (TPSA) is 43.8 Å². The Balaban J connectivity index is 2.33. The van der Waals surface area contributed by atoms with Crippen molar-refractivity contribution in [2.45, 2.75) is 59.9 Å². The summed E-state index contributed by atoms with van der Waals surface area (Å²) in [6, 6.07) is 4.52. The lowest BCUT2D eigenvalue weighted by molar-refractivity contribution is 0.511. The molecule has 0 saturated heterocycles. The summed E-state index contributed by atoms with van der Waals surface area (Å²) in [4.78, 5) is 4.90. The predicted molar refractivity (Wildman–Crippen MR) is 90.7 cm³/mol. The van der Waals surface area contributed by atoms with E-state index in [4.69, 9.17) is 10.7 Å². The van der Waals surface area contributed by atoms with Crippen molar-refractivity contribution in [2.24, 2.45) is 11.7 Å². The zero-order chi connectivity index (χ0) is 15.4. The summed E-state index contributed by atoms with van der Waals surface area (Å²) in [7, 11) is 0. The van der Waals surface area contributed by atoms with Gasteiger partial charge >= 0.3 is 0 Å². The monoisotopic (exact) mass is 287 g/mol. The lowest BCUT2D eigenvalue weighted by Crippen LogP contribution is -2.09. The standard InChI is InChI=1S/C18H29N3/c1-13(2)12-21-17-11-15(4)14(3)10-16(17)20-18(21)8-6-5-7-9-19/h10-11,13H,5-9,12,19H2,1-4H3. The minimum atomic E-state index is 0.631. The van der Waals surface area contributed by atoms with Gasteiger partial charge in [0.05, 0.1) is 11.0 Å². The van der Waals surface area contributed by atoms with E-state index in [0.717, 1.165) is 31.4 Å². The Labute approximate surface area is 128 Å². The van der Waals surface area contributed by atoms with Gasteiger partial charge in [0.1, 0.15) is 5.82 Å². The number of hydrogen-bond acceptors (Lipinski definition) is 2. The average molecular weight is 287 g/mol. The number of aromatic nitrogens is 2. The van der Waals surface area contributed by atoms with Gasteiger partial charge in [0.15, 0.2) is 0 Å². The summed E-state index contributed by atoms with van der Waals surface area (Å²) >= 11 is 0. The highest BCUT2D eigenvalue weighted by Gasteiger charge is 2.12. The number of nitrogens with two attached hydrogens (primary N) is 1. The maximum Gasteiger partial charge on any atom is 0.109 e. The van der Waals surface area contributed by atoms with Crippen LogP contribution in [0.4, 0.5) is 0 Å². The quantitative estimate of drug-likeness (QED) is 0.783. The van der Waals surface area contributed by atoms with E-state index in [1.165, 1.54) is 35.3 Å². The van der Waals surface area contributed by atoms with Gasteiger partial charge in [0.2, 0.25) is 0 Å². The van der Waals surface area contributed by atoms with Crippen LogP contribution < -0.4 is 5.73 Å². The van der Waals surface area contributed by atoms with Gasteiger partial charge in [-0.15, -0.1) is 0 Å². The number of aryl methyl sites for hydroxylation is 3. The number of hydrogen-bond donors (Lipinski definition) is 1. The summed E-state index contributed by atoms with van der Waals surface area (Å²) < 4.78 is 2.43. The number of nitrogens with zero attached hydrogens (tertiary/aromatic N) is 2. The van der Waals surface area contributed by atoms with E-state index in [1.54, 1.807) is 0 Å². The molecule has 0 amide bonds. The molecule has 2 rings (SSSR count). The zero-order valence-corrected chi connectivity index (χ0v) is 13.9. The van der Waals surface area contributed by atoms with Crippen molar-refractivity contribution in [3.05, 3.63) is 29.1 Å². The minimum absolute atomic E-state index is 0.631. The highest BCUT2D eigenvalue weighted by molar-refractivity contribution is 5.78. The molecule has 0 fully saturated rings. The molecule has 21 heavy (non-hydrogen) atoms. The Morgan fingerprint density at radius 3 is 2.48 bits per heavy atom. The number of imidazole rings is 1. The van der Waals surface area contributed by atoms with Crippen LogP contribution in [0, 0.1) is 19.8 Å². The van der Waals surface area contributed by atoms with Gasteiger partial charge in [-0.25, -0.2) is 4.98 Å². The van der Waals surface area contributed by atoms with Crippen LogP contribution >= 0.6 is 0 Å². The van der Waals surface area contributed by atoms with Crippen LogP contribution in [-0.2, 0) is 13.0 Å². The molecule has 0 aliphatic rings. The second kappa shape index (κ2) is 7.08. The molecule has 0 radical (unpaired) electrons. The predicted octanol–water partition coefficient (Wildman–Crippen LogP) is 3.98. The van der Waals surface area contributed by atoms with Crippen LogP contribution in [0.2, 0.25) is 0 Å². The third-order valence-corrected chi connectivity index (χ3v) is 4.09. The summed E-state index contributed by atoms with van der Waals surface area (Å²) in [6.07, 6.45) is 4.54. The molecule has 2 N–H and O–H groups in total. The average Bonchev–Trinajstić information content (AvgIpc) is 2.73. The fraction of sp³-hybridized carbons (Fsp3) is 0.611. The van der Waals surface area contributed by atoms with Crippen molar-refractivity contribution in [1.82, 2.24) is 9.55 Å². The second-order valence-electron chi connectivity index (χ2n) is 6.56. The van der Waals surface area contributed by atoms with Crippen LogP contribution in [-0.4, -0.2) is 16.1 Å². The molecular weight excluding hydrogens is 258 g/mol. The molecule has 3 nitrogen and oxygen atoms in total. The molecule has 0 atom stereocenters. The van der Waals surface area contributed by atoms with E-state index in [-0.39, 0.29) is 0 Å². The molecule has 3 heteroatoms. The van der Waals surface area contributed by atoms with Gasteiger partial charge in [-0.3, -0.25) is 0 Å². The van der Waals surface area contributed by atoms with Gasteiger partial charge in [0.25, 0.3) is 0 Å². The Bertz CT molecular complexity index is 596. The molecule has 0 unspecified atom stereocenters. The highest BCUT2D eigenvalue weighted by Crippen LogP contribution is 2.23. The number of unbranched alkanes of at least 4 members (excludes halogenated alkanes) is 2. The lowest BCUT2D eigenvalue weighted by Gasteiger charge is -2.12. The SMILES string of the molecule is Cc1cc2nc(CCCCCN)n(CC(C)C)c2cc1C. The summed E-state index contributed by atoms with van der Waals surface area (Å²) in [6.45, 7) is 10.7. The fourth-order valence-electron chi connectivity index (χ4n) is 2.79. The highest BCUT2D eigenvalue weighted by atomic mass is 15.1. The molecule has 2 aromatic rings. The van der Waals surface area contributed by atoms with Crippen molar-refractivity contribution in [2.75, 3.05) is 6.54 Å². The smallest absolute Gasteiger partial charge is 0.109 e. The van der Waals surface area contributed by atoms with E-state index in [1.807, 2.05) is 0 Å². The van der Waals surface area contributed by atoms with Gasteiger partial charge in [-0.05, 0) is 62.4 Å². The number of rotatable bonds is 7. The molecule has 0 bridgehead atoms. The van der Waals surface area contributed by atoms with Crippen molar-refractivity contribution >= 4 is 11.0 Å². The molecule has 0 spiro atoms. The third-order valence-electron chi connectivity index (χ3n) is 4.09. The normalized spacial score (nSPS) is 11.7. The molecule has 0 saturated carbocycles. The number of benzene rings is 1. The van der Waals surface area contributed by atoms with Crippen molar-refractivity contribution in [3.8, 4) is 0 Å². The Morgan fingerprint density at radius 2 is 1.81 bits per heavy atom. The minimum Gasteiger partial charge on any atom is -0.330 e. The van der Waals surface area contributed by atoms with Crippen LogP contribution in [0.1, 0.15) is 50.1 Å². The molecule has 1 aromatic heterocycles. The maximum atomic E-state index is 5.58. The Hall–Kier alpha value is -1.35. The zero-order valence-electron chi connectivity index (χ0n) is 13.9. The Kier molecular flexibility index (Phi) is 5.40. The first-order chi connectivity index (χ1) is 10.0. The van der Waals surface area contributed by atoms with E-state index in [0.29, 0.717) is 5.92 Å². The van der Waals surface area contributed by atoms with Gasteiger partial charge < -0.3 is 10.3 Å².